The van der Waals surface area contributed by atoms with Gasteiger partial charge in [-0.15, -0.1) is 11.3 Å². The van der Waals surface area contributed by atoms with E-state index in [1.807, 2.05) is 23.1 Å². The van der Waals surface area contributed by atoms with Gasteiger partial charge in [-0.1, -0.05) is 30.3 Å². The number of amides is 1. The van der Waals surface area contributed by atoms with Crippen LogP contribution in [0.2, 0.25) is 0 Å². The summed E-state index contributed by atoms with van der Waals surface area (Å²) < 4.78 is 0. The van der Waals surface area contributed by atoms with Crippen molar-refractivity contribution in [3.63, 3.8) is 0 Å². The van der Waals surface area contributed by atoms with Crippen LogP contribution in [-0.4, -0.2) is 28.9 Å². The number of hydrogen-bond donors (Lipinski definition) is 0. The summed E-state index contributed by atoms with van der Waals surface area (Å²) in [5, 5.41) is 1.02. The molecule has 1 saturated carbocycles. The van der Waals surface area contributed by atoms with Crippen molar-refractivity contribution in [3.8, 4) is 0 Å². The molecule has 1 aromatic heterocycles. The summed E-state index contributed by atoms with van der Waals surface area (Å²) >= 11 is 1.54. The van der Waals surface area contributed by atoms with E-state index in [1.165, 1.54) is 29.7 Å². The van der Waals surface area contributed by atoms with Crippen LogP contribution in [0.3, 0.4) is 0 Å². The van der Waals surface area contributed by atoms with Crippen molar-refractivity contribution >= 4 is 17.2 Å². The quantitative estimate of drug-likeness (QED) is 0.868. The summed E-state index contributed by atoms with van der Waals surface area (Å²) in [6.45, 7) is 1.91. The fraction of sp³-hybridized carbons (Fsp3) is 0.412. The molecule has 1 aliphatic heterocycles. The first-order chi connectivity index (χ1) is 10.3. The Morgan fingerprint density at radius 3 is 2.67 bits per heavy atom. The lowest BCUT2D eigenvalue weighted by Crippen LogP contribution is -2.50. The first kappa shape index (κ1) is 13.0. The van der Waals surface area contributed by atoms with Crippen LogP contribution < -0.4 is 0 Å². The molecular weight excluding hydrogens is 280 g/mol. The van der Waals surface area contributed by atoms with Crippen LogP contribution >= 0.6 is 11.3 Å². The molecule has 1 aliphatic carbocycles. The molecular formula is C17H18N2OS. The number of likely N-dealkylation sites (tertiary alicyclic amines) is 1. The Bertz CT molecular complexity index is 642. The number of benzene rings is 1. The Labute approximate surface area is 128 Å². The number of hydrogen-bond acceptors (Lipinski definition) is 3. The first-order valence-electron chi connectivity index (χ1n) is 7.57. The van der Waals surface area contributed by atoms with E-state index in [0.29, 0.717) is 0 Å². The van der Waals surface area contributed by atoms with Gasteiger partial charge in [0.1, 0.15) is 4.88 Å². The molecule has 2 aliphatic rings. The molecule has 0 spiro atoms. The lowest BCUT2D eigenvalue weighted by Gasteiger charge is -2.39. The van der Waals surface area contributed by atoms with Crippen LogP contribution in [0.25, 0.3) is 0 Å². The molecule has 108 valence electrons. The molecule has 2 fully saturated rings. The Balaban J connectivity index is 1.39. The predicted octanol–water partition coefficient (Wildman–Crippen LogP) is 3.22. The van der Waals surface area contributed by atoms with E-state index >= 15 is 0 Å². The summed E-state index contributed by atoms with van der Waals surface area (Å²) in [4.78, 5) is 19.6. The fourth-order valence-corrected chi connectivity index (χ4v) is 3.88. The van der Waals surface area contributed by atoms with Crippen molar-refractivity contribution in [2.75, 3.05) is 13.1 Å². The zero-order chi connectivity index (χ0) is 14.2. The lowest BCUT2D eigenvalue weighted by atomic mass is 9.94. The van der Waals surface area contributed by atoms with Crippen molar-refractivity contribution < 1.29 is 4.79 Å². The topological polar surface area (TPSA) is 33.2 Å². The fourth-order valence-electron chi connectivity index (χ4n) is 2.96. The highest BCUT2D eigenvalue weighted by Gasteiger charge is 2.41. The maximum absolute atomic E-state index is 12.4. The molecule has 0 unspecified atom stereocenters. The zero-order valence-corrected chi connectivity index (χ0v) is 12.7. The zero-order valence-electron chi connectivity index (χ0n) is 11.9. The third kappa shape index (κ3) is 2.72. The van der Waals surface area contributed by atoms with Crippen LogP contribution in [0.5, 0.6) is 0 Å². The summed E-state index contributed by atoms with van der Waals surface area (Å²) in [6.07, 6.45) is 5.29. The molecule has 1 amide bonds. The standard InChI is InChI=1S/C17H18N2OS/c20-17(19-10-14(11-19)13-6-7-13)15-9-18-16(21-15)8-12-4-2-1-3-5-12/h1-5,9,13-14H,6-8,10-11H2. The maximum Gasteiger partial charge on any atom is 0.265 e. The van der Waals surface area contributed by atoms with Gasteiger partial charge in [0.2, 0.25) is 0 Å². The summed E-state index contributed by atoms with van der Waals surface area (Å²) in [6, 6.07) is 10.3. The molecule has 0 bridgehead atoms. The normalized spacial score (nSPS) is 18.6. The second-order valence-electron chi connectivity index (χ2n) is 6.09. The number of aromatic nitrogens is 1. The summed E-state index contributed by atoms with van der Waals surface area (Å²) in [7, 11) is 0. The third-order valence-electron chi connectivity index (χ3n) is 4.45. The van der Waals surface area contributed by atoms with Crippen molar-refractivity contribution in [2.24, 2.45) is 11.8 Å². The van der Waals surface area contributed by atoms with Gasteiger partial charge in [-0.05, 0) is 30.2 Å². The average Bonchev–Trinajstić information content (AvgIpc) is 3.17. The van der Waals surface area contributed by atoms with Crippen LogP contribution in [-0.2, 0) is 6.42 Å². The second kappa shape index (κ2) is 5.26. The Morgan fingerprint density at radius 1 is 1.19 bits per heavy atom. The average molecular weight is 298 g/mol. The van der Waals surface area contributed by atoms with Gasteiger partial charge < -0.3 is 4.90 Å². The van der Waals surface area contributed by atoms with E-state index in [4.69, 9.17) is 0 Å². The van der Waals surface area contributed by atoms with Crippen LogP contribution in [0.15, 0.2) is 36.5 Å². The van der Waals surface area contributed by atoms with E-state index in [-0.39, 0.29) is 5.91 Å². The largest absolute Gasteiger partial charge is 0.337 e. The van der Waals surface area contributed by atoms with Gasteiger partial charge in [0.15, 0.2) is 0 Å². The summed E-state index contributed by atoms with van der Waals surface area (Å²) in [5.41, 5.74) is 1.24. The molecule has 4 rings (SSSR count). The van der Waals surface area contributed by atoms with E-state index < -0.39 is 0 Å². The van der Waals surface area contributed by atoms with E-state index in [1.54, 1.807) is 6.20 Å². The van der Waals surface area contributed by atoms with E-state index in [0.717, 1.165) is 41.2 Å². The van der Waals surface area contributed by atoms with Crippen LogP contribution in [0.4, 0.5) is 0 Å². The highest BCUT2D eigenvalue weighted by atomic mass is 32.1. The Morgan fingerprint density at radius 2 is 1.95 bits per heavy atom. The number of thiazole rings is 1. The van der Waals surface area contributed by atoms with Crippen molar-refractivity contribution in [1.82, 2.24) is 9.88 Å². The van der Waals surface area contributed by atoms with Gasteiger partial charge >= 0.3 is 0 Å². The van der Waals surface area contributed by atoms with E-state index in [9.17, 15) is 4.79 Å². The molecule has 3 nitrogen and oxygen atoms in total. The molecule has 1 saturated heterocycles. The summed E-state index contributed by atoms with van der Waals surface area (Å²) in [5.74, 6) is 1.85. The molecule has 0 radical (unpaired) electrons. The molecule has 4 heteroatoms. The van der Waals surface area contributed by atoms with Gasteiger partial charge in [-0.2, -0.15) is 0 Å². The van der Waals surface area contributed by atoms with Gasteiger partial charge in [0.25, 0.3) is 5.91 Å². The predicted molar refractivity (Wildman–Crippen MR) is 83.5 cm³/mol. The maximum atomic E-state index is 12.4. The first-order valence-corrected chi connectivity index (χ1v) is 8.39. The lowest BCUT2D eigenvalue weighted by molar-refractivity contribution is 0.0464. The highest BCUT2D eigenvalue weighted by molar-refractivity contribution is 7.13. The molecule has 0 N–H and O–H groups in total. The van der Waals surface area contributed by atoms with Gasteiger partial charge in [-0.25, -0.2) is 4.98 Å². The number of carbonyl (C=O) groups is 1. The van der Waals surface area contributed by atoms with Gasteiger partial charge in [-0.3, -0.25) is 4.79 Å². The number of carbonyl (C=O) groups excluding carboxylic acids is 1. The SMILES string of the molecule is O=C(c1cnc(Cc2ccccc2)s1)N1CC(C2CC2)C1. The van der Waals surface area contributed by atoms with Crippen LogP contribution in [0.1, 0.15) is 33.1 Å². The minimum absolute atomic E-state index is 0.170. The van der Waals surface area contributed by atoms with Crippen molar-refractivity contribution in [3.05, 3.63) is 52.0 Å². The van der Waals surface area contributed by atoms with Gasteiger partial charge in [0.05, 0.1) is 11.2 Å². The number of nitrogens with zero attached hydrogens (tertiary/aromatic N) is 2. The molecule has 21 heavy (non-hydrogen) atoms. The minimum Gasteiger partial charge on any atom is -0.337 e. The highest BCUT2D eigenvalue weighted by Crippen LogP contribution is 2.41. The van der Waals surface area contributed by atoms with Crippen LogP contribution in [0, 0.1) is 11.8 Å². The minimum atomic E-state index is 0.170. The third-order valence-corrected chi connectivity index (χ3v) is 5.43. The smallest absolute Gasteiger partial charge is 0.265 e. The Kier molecular flexibility index (Phi) is 3.26. The van der Waals surface area contributed by atoms with Crippen molar-refractivity contribution in [1.29, 1.82) is 0 Å². The number of rotatable bonds is 4. The molecule has 1 aromatic carbocycles. The Hall–Kier alpha value is -1.68. The second-order valence-corrected chi connectivity index (χ2v) is 7.20. The molecule has 2 aromatic rings. The monoisotopic (exact) mass is 298 g/mol. The van der Waals surface area contributed by atoms with Gasteiger partial charge in [0, 0.05) is 19.5 Å². The van der Waals surface area contributed by atoms with E-state index in [2.05, 4.69) is 17.1 Å². The molecule has 2 heterocycles. The van der Waals surface area contributed by atoms with Crippen molar-refractivity contribution in [2.45, 2.75) is 19.3 Å². The molecule has 0 atom stereocenters.